The summed E-state index contributed by atoms with van der Waals surface area (Å²) >= 11 is 3.53. The molecule has 42 heavy (non-hydrogen) atoms. The van der Waals surface area contributed by atoms with Gasteiger partial charge in [0, 0.05) is 9.13 Å². The molecule has 0 saturated heterocycles. The Balaban J connectivity index is 1.57. The second-order valence-electron chi connectivity index (χ2n) is 9.39. The van der Waals surface area contributed by atoms with E-state index in [0.717, 1.165) is 26.0 Å². The van der Waals surface area contributed by atoms with Gasteiger partial charge in [-0.3, -0.25) is 9.36 Å². The molecule has 8 nitrogen and oxygen atoms in total. The molecule has 216 valence electrons. The van der Waals surface area contributed by atoms with Gasteiger partial charge >= 0.3 is 5.97 Å². The van der Waals surface area contributed by atoms with Gasteiger partial charge in [0.1, 0.15) is 23.9 Å². The highest BCUT2D eigenvalue weighted by Crippen LogP contribution is 2.31. The maximum Gasteiger partial charge on any atom is 0.338 e. The minimum atomic E-state index is -0.692. The highest BCUT2D eigenvalue weighted by atomic mass is 127. The molecule has 0 N–H and O–H groups in total. The van der Waals surface area contributed by atoms with Gasteiger partial charge in [-0.25, -0.2) is 9.79 Å². The monoisotopic (exact) mass is 696 g/mol. The zero-order valence-electron chi connectivity index (χ0n) is 23.5. The van der Waals surface area contributed by atoms with Crippen LogP contribution in [0, 0.1) is 3.57 Å². The molecule has 0 saturated carbocycles. The molecule has 10 heteroatoms. The summed E-state index contributed by atoms with van der Waals surface area (Å²) in [6, 6.07) is 20.1. The number of thiazole rings is 1. The van der Waals surface area contributed by atoms with Crippen LogP contribution in [0.4, 0.5) is 0 Å². The van der Waals surface area contributed by atoms with Crippen LogP contribution in [0.5, 0.6) is 17.2 Å². The number of aromatic nitrogens is 1. The van der Waals surface area contributed by atoms with Crippen LogP contribution >= 0.6 is 33.9 Å². The Labute approximate surface area is 260 Å². The first-order valence-corrected chi connectivity index (χ1v) is 15.1. The number of allylic oxidation sites excluding steroid dienone is 1. The second-order valence-corrected chi connectivity index (χ2v) is 11.6. The fourth-order valence-electron chi connectivity index (χ4n) is 4.74. The summed E-state index contributed by atoms with van der Waals surface area (Å²) < 4.78 is 25.4. The SMILES string of the molecule is CCOC(=O)C1=C(C)N=c2sc(=Cc3ccc(OC)c(COc4ccc(I)cc4)c3)c(=O)n2C1c1ccc(OC)cc1. The largest absolute Gasteiger partial charge is 0.497 e. The molecule has 1 aliphatic heterocycles. The van der Waals surface area contributed by atoms with Gasteiger partial charge < -0.3 is 18.9 Å². The van der Waals surface area contributed by atoms with E-state index in [2.05, 4.69) is 27.6 Å². The highest BCUT2D eigenvalue weighted by Gasteiger charge is 2.33. The molecule has 0 radical (unpaired) electrons. The number of benzene rings is 3. The van der Waals surface area contributed by atoms with Crippen molar-refractivity contribution in [2.45, 2.75) is 26.5 Å². The maximum absolute atomic E-state index is 13.9. The summed E-state index contributed by atoms with van der Waals surface area (Å²) in [5.41, 5.74) is 3.00. The fraction of sp³-hybridized carbons (Fsp3) is 0.219. The van der Waals surface area contributed by atoms with E-state index in [0.29, 0.717) is 38.7 Å². The van der Waals surface area contributed by atoms with Crippen LogP contribution in [0.3, 0.4) is 0 Å². The van der Waals surface area contributed by atoms with Crippen LogP contribution in [0.25, 0.3) is 6.08 Å². The van der Waals surface area contributed by atoms with E-state index >= 15 is 0 Å². The predicted molar refractivity (Wildman–Crippen MR) is 170 cm³/mol. The van der Waals surface area contributed by atoms with Crippen LogP contribution in [-0.2, 0) is 16.1 Å². The molecule has 0 fully saturated rings. The Morgan fingerprint density at radius 3 is 2.40 bits per heavy atom. The van der Waals surface area contributed by atoms with E-state index in [1.807, 2.05) is 60.7 Å². The summed E-state index contributed by atoms with van der Waals surface area (Å²) in [7, 11) is 3.20. The zero-order valence-corrected chi connectivity index (χ0v) is 26.5. The number of esters is 1. The quantitative estimate of drug-likeness (QED) is 0.181. The first-order valence-electron chi connectivity index (χ1n) is 13.2. The third-order valence-corrected chi connectivity index (χ3v) is 8.46. The molecule has 0 aliphatic carbocycles. The fourth-order valence-corrected chi connectivity index (χ4v) is 6.14. The Bertz CT molecular complexity index is 1820. The number of hydrogen-bond donors (Lipinski definition) is 0. The van der Waals surface area contributed by atoms with Crippen LogP contribution in [0.2, 0.25) is 0 Å². The Kier molecular flexibility index (Phi) is 9.12. The van der Waals surface area contributed by atoms with Crippen molar-refractivity contribution < 1.29 is 23.7 Å². The van der Waals surface area contributed by atoms with Crippen LogP contribution in [-0.4, -0.2) is 31.4 Å². The number of carbonyl (C=O) groups excluding carboxylic acids is 1. The number of ether oxygens (including phenoxy) is 4. The highest BCUT2D eigenvalue weighted by molar-refractivity contribution is 14.1. The molecule has 0 bridgehead atoms. The van der Waals surface area contributed by atoms with Crippen molar-refractivity contribution in [3.63, 3.8) is 0 Å². The van der Waals surface area contributed by atoms with E-state index < -0.39 is 12.0 Å². The second kappa shape index (κ2) is 13.0. The lowest BCUT2D eigenvalue weighted by Crippen LogP contribution is -2.39. The van der Waals surface area contributed by atoms with Gasteiger partial charge in [0.15, 0.2) is 4.80 Å². The number of rotatable bonds is 9. The van der Waals surface area contributed by atoms with Crippen LogP contribution in [0.15, 0.2) is 87.8 Å². The van der Waals surface area contributed by atoms with Crippen molar-refractivity contribution in [1.29, 1.82) is 0 Å². The zero-order chi connectivity index (χ0) is 29.8. The number of nitrogens with zero attached hydrogens (tertiary/aromatic N) is 2. The third-order valence-electron chi connectivity index (χ3n) is 6.76. The van der Waals surface area contributed by atoms with Crippen LogP contribution < -0.4 is 29.1 Å². The molecule has 1 atom stereocenters. The Morgan fingerprint density at radius 1 is 1.02 bits per heavy atom. The lowest BCUT2D eigenvalue weighted by molar-refractivity contribution is -0.139. The molecule has 1 unspecified atom stereocenters. The van der Waals surface area contributed by atoms with Gasteiger partial charge in [-0.1, -0.05) is 29.5 Å². The molecule has 3 aromatic carbocycles. The average molecular weight is 697 g/mol. The normalized spacial score (nSPS) is 14.7. The van der Waals surface area contributed by atoms with E-state index in [9.17, 15) is 9.59 Å². The first kappa shape index (κ1) is 29.6. The number of carbonyl (C=O) groups is 1. The average Bonchev–Trinajstić information content (AvgIpc) is 3.30. The lowest BCUT2D eigenvalue weighted by Gasteiger charge is -2.24. The minimum absolute atomic E-state index is 0.211. The summed E-state index contributed by atoms with van der Waals surface area (Å²) in [6.45, 7) is 4.03. The molecule has 0 amide bonds. The van der Waals surface area contributed by atoms with Crippen molar-refractivity contribution in [3.8, 4) is 17.2 Å². The lowest BCUT2D eigenvalue weighted by atomic mass is 9.96. The number of hydrogen-bond acceptors (Lipinski definition) is 8. The molecule has 0 spiro atoms. The van der Waals surface area contributed by atoms with E-state index in [1.54, 1.807) is 44.8 Å². The Morgan fingerprint density at radius 2 is 1.74 bits per heavy atom. The smallest absolute Gasteiger partial charge is 0.338 e. The number of halogens is 1. The van der Waals surface area contributed by atoms with E-state index in [-0.39, 0.29) is 12.2 Å². The topological polar surface area (TPSA) is 88.4 Å². The molecular formula is C32H29IN2O6S. The van der Waals surface area contributed by atoms with Gasteiger partial charge in [0.2, 0.25) is 0 Å². The summed E-state index contributed by atoms with van der Waals surface area (Å²) in [5.74, 6) is 1.61. The summed E-state index contributed by atoms with van der Waals surface area (Å²) in [6.07, 6.45) is 1.83. The molecule has 5 rings (SSSR count). The predicted octanol–water partition coefficient (Wildman–Crippen LogP) is 5.00. The molecule has 2 heterocycles. The number of fused-ring (bicyclic) bond motifs is 1. The maximum atomic E-state index is 13.9. The van der Waals surface area contributed by atoms with Crippen molar-refractivity contribution >= 4 is 46.0 Å². The van der Waals surface area contributed by atoms with Gasteiger partial charge in [0.05, 0.1) is 42.7 Å². The van der Waals surface area contributed by atoms with E-state index in [1.165, 1.54) is 11.3 Å². The molecular weight excluding hydrogens is 667 g/mol. The number of methoxy groups -OCH3 is 2. The summed E-state index contributed by atoms with van der Waals surface area (Å²) in [4.78, 5) is 32.2. The van der Waals surface area contributed by atoms with Crippen molar-refractivity contribution in [1.82, 2.24) is 4.57 Å². The molecule has 4 aromatic rings. The van der Waals surface area contributed by atoms with E-state index in [4.69, 9.17) is 18.9 Å². The van der Waals surface area contributed by atoms with Gasteiger partial charge in [0.25, 0.3) is 5.56 Å². The van der Waals surface area contributed by atoms with Crippen LogP contribution in [0.1, 0.15) is 36.6 Å². The van der Waals surface area contributed by atoms with Crippen molar-refractivity contribution in [3.05, 3.63) is 118 Å². The molecule has 1 aromatic heterocycles. The van der Waals surface area contributed by atoms with Gasteiger partial charge in [-0.05, 0) is 102 Å². The minimum Gasteiger partial charge on any atom is -0.497 e. The van der Waals surface area contributed by atoms with Crippen molar-refractivity contribution in [2.75, 3.05) is 20.8 Å². The standard InChI is InChI=1S/C32H29IN2O6S/c1-5-40-31(37)28-19(2)34-32-35(29(28)21-7-11-24(38-3)12-8-21)30(36)27(42-32)17-20-6-15-26(39-4)22(16-20)18-41-25-13-9-23(33)10-14-25/h6-17,29H,5,18H2,1-4H3. The summed E-state index contributed by atoms with van der Waals surface area (Å²) in [5, 5.41) is 0. The first-order chi connectivity index (χ1) is 20.3. The van der Waals surface area contributed by atoms with Gasteiger partial charge in [-0.15, -0.1) is 0 Å². The third kappa shape index (κ3) is 6.14. The Hall–Kier alpha value is -3.90. The van der Waals surface area contributed by atoms with Gasteiger partial charge in [-0.2, -0.15) is 0 Å². The molecule has 1 aliphatic rings. The van der Waals surface area contributed by atoms with Crippen molar-refractivity contribution in [2.24, 2.45) is 4.99 Å².